The SMILES string of the molecule is CCC[C@H](N)C(=O)Nc1cn(CC(=O)NCc2ccc(F)cc2)cn1. The van der Waals surface area contributed by atoms with E-state index in [2.05, 4.69) is 15.6 Å². The number of carbonyl (C=O) groups is 2. The van der Waals surface area contributed by atoms with Crippen molar-refractivity contribution in [3.8, 4) is 0 Å². The zero-order chi connectivity index (χ0) is 18.2. The van der Waals surface area contributed by atoms with Crippen molar-refractivity contribution in [3.05, 3.63) is 48.2 Å². The van der Waals surface area contributed by atoms with Gasteiger partial charge in [0.2, 0.25) is 11.8 Å². The fourth-order valence-corrected chi connectivity index (χ4v) is 2.20. The van der Waals surface area contributed by atoms with Gasteiger partial charge in [0.05, 0.1) is 12.4 Å². The summed E-state index contributed by atoms with van der Waals surface area (Å²) in [5.41, 5.74) is 6.54. The van der Waals surface area contributed by atoms with E-state index in [1.165, 1.54) is 18.5 Å². The molecule has 2 amide bonds. The molecule has 0 unspecified atom stereocenters. The number of anilines is 1. The smallest absolute Gasteiger partial charge is 0.242 e. The Hall–Kier alpha value is -2.74. The molecule has 0 spiro atoms. The molecule has 1 aromatic heterocycles. The molecule has 25 heavy (non-hydrogen) atoms. The zero-order valence-electron chi connectivity index (χ0n) is 14.0. The summed E-state index contributed by atoms with van der Waals surface area (Å²) in [5.74, 6) is -0.486. The van der Waals surface area contributed by atoms with E-state index in [1.807, 2.05) is 6.92 Å². The van der Waals surface area contributed by atoms with Gasteiger partial charge in [0.25, 0.3) is 0 Å². The lowest BCUT2D eigenvalue weighted by Crippen LogP contribution is -2.35. The van der Waals surface area contributed by atoms with Gasteiger partial charge in [0.1, 0.15) is 12.4 Å². The Bertz CT molecular complexity index is 714. The summed E-state index contributed by atoms with van der Waals surface area (Å²) in [4.78, 5) is 27.8. The zero-order valence-corrected chi connectivity index (χ0v) is 14.0. The van der Waals surface area contributed by atoms with Crippen molar-refractivity contribution in [1.29, 1.82) is 0 Å². The Balaban J connectivity index is 1.80. The molecule has 8 heteroatoms. The molecule has 0 aliphatic rings. The first-order chi connectivity index (χ1) is 12.0. The molecule has 0 saturated heterocycles. The predicted octanol–water partition coefficient (Wildman–Crippen LogP) is 1.40. The minimum atomic E-state index is -0.575. The number of imidazole rings is 1. The van der Waals surface area contributed by atoms with E-state index in [0.29, 0.717) is 18.8 Å². The first-order valence-electron chi connectivity index (χ1n) is 8.07. The number of benzene rings is 1. The maximum atomic E-state index is 12.8. The molecule has 1 heterocycles. The van der Waals surface area contributed by atoms with Crippen LogP contribution in [-0.4, -0.2) is 27.4 Å². The number of hydrogen-bond acceptors (Lipinski definition) is 4. The van der Waals surface area contributed by atoms with E-state index < -0.39 is 6.04 Å². The predicted molar refractivity (Wildman–Crippen MR) is 92.0 cm³/mol. The lowest BCUT2D eigenvalue weighted by molar-refractivity contribution is -0.121. The van der Waals surface area contributed by atoms with Gasteiger partial charge >= 0.3 is 0 Å². The largest absolute Gasteiger partial charge is 0.350 e. The minimum absolute atomic E-state index is 0.0606. The van der Waals surface area contributed by atoms with E-state index in [9.17, 15) is 14.0 Å². The molecule has 0 radical (unpaired) electrons. The third-order valence-corrected chi connectivity index (χ3v) is 3.55. The number of nitrogens with one attached hydrogen (secondary N) is 2. The lowest BCUT2D eigenvalue weighted by Gasteiger charge is -2.09. The van der Waals surface area contributed by atoms with Gasteiger partial charge in [-0.1, -0.05) is 25.5 Å². The highest BCUT2D eigenvalue weighted by Gasteiger charge is 2.13. The van der Waals surface area contributed by atoms with Gasteiger partial charge < -0.3 is 20.9 Å². The Labute approximate surface area is 145 Å². The van der Waals surface area contributed by atoms with E-state index in [0.717, 1.165) is 12.0 Å². The fraction of sp³-hybridized carbons (Fsp3) is 0.353. The first-order valence-corrected chi connectivity index (χ1v) is 8.07. The molecule has 7 nitrogen and oxygen atoms in total. The van der Waals surface area contributed by atoms with Crippen molar-refractivity contribution in [2.75, 3.05) is 5.32 Å². The summed E-state index contributed by atoms with van der Waals surface area (Å²) in [6.45, 7) is 2.32. The lowest BCUT2D eigenvalue weighted by atomic mass is 10.2. The molecule has 1 atom stereocenters. The van der Waals surface area contributed by atoms with Crippen LogP contribution in [0.2, 0.25) is 0 Å². The van der Waals surface area contributed by atoms with Crippen LogP contribution in [0, 0.1) is 5.82 Å². The maximum Gasteiger partial charge on any atom is 0.242 e. The number of aromatic nitrogens is 2. The third-order valence-electron chi connectivity index (χ3n) is 3.55. The van der Waals surface area contributed by atoms with Crippen molar-refractivity contribution in [1.82, 2.24) is 14.9 Å². The molecule has 0 bridgehead atoms. The van der Waals surface area contributed by atoms with E-state index in [4.69, 9.17) is 5.73 Å². The second-order valence-corrected chi connectivity index (χ2v) is 5.72. The van der Waals surface area contributed by atoms with Gasteiger partial charge in [-0.25, -0.2) is 9.37 Å². The molecule has 2 aromatic rings. The van der Waals surface area contributed by atoms with Crippen LogP contribution in [0.1, 0.15) is 25.3 Å². The average Bonchev–Trinajstić information content (AvgIpc) is 3.01. The molecular formula is C17H22FN5O2. The molecule has 0 saturated carbocycles. The molecule has 1 aromatic carbocycles. The van der Waals surface area contributed by atoms with Gasteiger partial charge in [-0.2, -0.15) is 0 Å². The Kier molecular flexibility index (Phi) is 6.64. The number of nitrogens with two attached hydrogens (primary N) is 1. The van der Waals surface area contributed by atoms with Crippen LogP contribution >= 0.6 is 0 Å². The second-order valence-electron chi connectivity index (χ2n) is 5.72. The van der Waals surface area contributed by atoms with Gasteiger partial charge in [0.15, 0.2) is 5.82 Å². The molecule has 134 valence electrons. The van der Waals surface area contributed by atoms with Crippen LogP contribution in [0.15, 0.2) is 36.8 Å². The molecule has 2 rings (SSSR count). The summed E-state index contributed by atoms with van der Waals surface area (Å²) in [5, 5.41) is 5.35. The van der Waals surface area contributed by atoms with Crippen LogP contribution in [0.3, 0.4) is 0 Å². The summed E-state index contributed by atoms with van der Waals surface area (Å²) < 4.78 is 14.4. The quantitative estimate of drug-likeness (QED) is 0.672. The molecule has 0 fully saturated rings. The van der Waals surface area contributed by atoms with Crippen LogP contribution < -0.4 is 16.4 Å². The first kappa shape index (κ1) is 18.6. The highest BCUT2D eigenvalue weighted by molar-refractivity contribution is 5.93. The summed E-state index contributed by atoms with van der Waals surface area (Å²) in [7, 11) is 0. The van der Waals surface area contributed by atoms with E-state index >= 15 is 0 Å². The molecule has 0 aliphatic heterocycles. The van der Waals surface area contributed by atoms with Crippen molar-refractivity contribution >= 4 is 17.6 Å². The Morgan fingerprint density at radius 3 is 2.72 bits per heavy atom. The standard InChI is InChI=1S/C17H22FN5O2/c1-2-3-14(19)17(25)22-15-9-23(11-21-15)10-16(24)20-8-12-4-6-13(18)7-5-12/h4-7,9,11,14H,2-3,8,10,19H2,1H3,(H,20,24)(H,22,25)/t14-/m0/s1. The average molecular weight is 347 g/mol. The number of nitrogens with zero attached hydrogens (tertiary/aromatic N) is 2. The fourth-order valence-electron chi connectivity index (χ4n) is 2.20. The number of hydrogen-bond donors (Lipinski definition) is 3. The minimum Gasteiger partial charge on any atom is -0.350 e. The van der Waals surface area contributed by atoms with Gasteiger partial charge in [-0.05, 0) is 24.1 Å². The van der Waals surface area contributed by atoms with Crippen LogP contribution in [0.5, 0.6) is 0 Å². The number of rotatable bonds is 8. The maximum absolute atomic E-state index is 12.8. The van der Waals surface area contributed by atoms with Crippen molar-refractivity contribution in [2.45, 2.75) is 38.9 Å². The van der Waals surface area contributed by atoms with Gasteiger partial charge in [-0.15, -0.1) is 0 Å². The van der Waals surface area contributed by atoms with E-state index in [1.54, 1.807) is 22.9 Å². The summed E-state index contributed by atoms with van der Waals surface area (Å²) in [6, 6.07) is 5.33. The van der Waals surface area contributed by atoms with Gasteiger partial charge in [-0.3, -0.25) is 9.59 Å². The van der Waals surface area contributed by atoms with Crippen molar-refractivity contribution in [3.63, 3.8) is 0 Å². The molecule has 0 aliphatic carbocycles. The van der Waals surface area contributed by atoms with Crippen LogP contribution in [0.4, 0.5) is 10.2 Å². The van der Waals surface area contributed by atoms with E-state index in [-0.39, 0.29) is 24.2 Å². The molecular weight excluding hydrogens is 325 g/mol. The van der Waals surface area contributed by atoms with Crippen molar-refractivity contribution < 1.29 is 14.0 Å². The second kappa shape index (κ2) is 8.93. The highest BCUT2D eigenvalue weighted by Crippen LogP contribution is 2.05. The Morgan fingerprint density at radius 2 is 2.04 bits per heavy atom. The third kappa shape index (κ3) is 6.00. The normalized spacial score (nSPS) is 11.8. The number of carbonyl (C=O) groups excluding carboxylic acids is 2. The van der Waals surface area contributed by atoms with Crippen LogP contribution in [-0.2, 0) is 22.7 Å². The summed E-state index contributed by atoms with van der Waals surface area (Å²) >= 11 is 0. The Morgan fingerprint density at radius 1 is 1.32 bits per heavy atom. The van der Waals surface area contributed by atoms with Crippen molar-refractivity contribution in [2.24, 2.45) is 5.73 Å². The monoisotopic (exact) mass is 347 g/mol. The highest BCUT2D eigenvalue weighted by atomic mass is 19.1. The van der Waals surface area contributed by atoms with Gasteiger partial charge in [0, 0.05) is 12.7 Å². The topological polar surface area (TPSA) is 102 Å². The van der Waals surface area contributed by atoms with Crippen LogP contribution in [0.25, 0.3) is 0 Å². The number of amides is 2. The molecule has 4 N–H and O–H groups in total. The summed E-state index contributed by atoms with van der Waals surface area (Å²) in [6.07, 6.45) is 4.43. The number of halogens is 1.